The average molecular weight is 377 g/mol. The maximum absolute atomic E-state index is 13.0. The zero-order valence-corrected chi connectivity index (χ0v) is 16.6. The van der Waals surface area contributed by atoms with Crippen LogP contribution in [-0.2, 0) is 9.59 Å². The number of rotatable bonds is 10. The first-order valence-electron chi connectivity index (χ1n) is 9.21. The third-order valence-electron chi connectivity index (χ3n) is 4.42. The van der Waals surface area contributed by atoms with Gasteiger partial charge in [0.15, 0.2) is 5.78 Å². The summed E-state index contributed by atoms with van der Waals surface area (Å²) in [6.07, 6.45) is 2.44. The number of hydrogen-bond donors (Lipinski definition) is 3. The van der Waals surface area contributed by atoms with Crippen molar-refractivity contribution in [1.29, 1.82) is 0 Å². The largest absolute Gasteiger partial charge is 0.399 e. The molecule has 0 radical (unpaired) electrons. The zero-order chi connectivity index (χ0) is 20.6. The van der Waals surface area contributed by atoms with Gasteiger partial charge in [-0.1, -0.05) is 40.5 Å². The van der Waals surface area contributed by atoms with Crippen LogP contribution in [0.3, 0.4) is 0 Å². The van der Waals surface area contributed by atoms with Crippen LogP contribution in [0.25, 0.3) is 0 Å². The topological polar surface area (TPSA) is 113 Å². The molecular weight excluding hydrogens is 346 g/mol. The Morgan fingerprint density at radius 1 is 1.26 bits per heavy atom. The molecule has 27 heavy (non-hydrogen) atoms. The third kappa shape index (κ3) is 7.02. The van der Waals surface area contributed by atoms with Crippen LogP contribution in [-0.4, -0.2) is 41.0 Å². The molecule has 0 fully saturated rings. The Balaban J connectivity index is 3.02. The molecule has 0 aliphatic carbocycles. The van der Waals surface area contributed by atoms with Gasteiger partial charge < -0.3 is 11.1 Å². The highest BCUT2D eigenvalue weighted by atomic mass is 16.5. The summed E-state index contributed by atoms with van der Waals surface area (Å²) < 4.78 is 0. The number of carbonyl (C=O) groups is 3. The number of hydrogen-bond acceptors (Lipinski definition) is 5. The summed E-state index contributed by atoms with van der Waals surface area (Å²) in [5, 5.41) is 12.8. The second kappa shape index (κ2) is 10.1. The minimum atomic E-state index is -0.749. The van der Waals surface area contributed by atoms with Crippen LogP contribution in [0.5, 0.6) is 0 Å². The first kappa shape index (κ1) is 22.6. The second-order valence-electron chi connectivity index (χ2n) is 7.86. The molecule has 1 rings (SSSR count). The van der Waals surface area contributed by atoms with Gasteiger partial charge in [0.05, 0.1) is 18.5 Å². The molecule has 1 aromatic carbocycles. The zero-order valence-electron chi connectivity index (χ0n) is 16.6. The third-order valence-corrected chi connectivity index (χ3v) is 4.42. The van der Waals surface area contributed by atoms with Crippen LogP contribution in [0.15, 0.2) is 24.3 Å². The van der Waals surface area contributed by atoms with Crippen molar-refractivity contribution in [3.05, 3.63) is 29.8 Å². The number of Topliss-reactive ketones (excluding diaryl/α,β-unsaturated/α-hetero) is 1. The SMILES string of the molecule is CCCCC(CN(O)C=O)C(=O)NC(C(=O)c1ccc(N)cc1)C(C)(C)C. The molecule has 4 N–H and O–H groups in total. The van der Waals surface area contributed by atoms with E-state index < -0.39 is 17.4 Å². The van der Waals surface area contributed by atoms with Gasteiger partial charge in [-0.15, -0.1) is 0 Å². The van der Waals surface area contributed by atoms with E-state index in [9.17, 15) is 19.6 Å². The van der Waals surface area contributed by atoms with Gasteiger partial charge in [-0.2, -0.15) is 0 Å². The van der Waals surface area contributed by atoms with E-state index in [1.807, 2.05) is 27.7 Å². The van der Waals surface area contributed by atoms with E-state index >= 15 is 0 Å². The Morgan fingerprint density at radius 2 is 1.85 bits per heavy atom. The van der Waals surface area contributed by atoms with Crippen molar-refractivity contribution in [2.24, 2.45) is 11.3 Å². The number of nitrogens with two attached hydrogens (primary N) is 1. The lowest BCUT2D eigenvalue weighted by atomic mass is 9.81. The van der Waals surface area contributed by atoms with Crippen LogP contribution in [0.2, 0.25) is 0 Å². The predicted octanol–water partition coefficient (Wildman–Crippen LogP) is 2.64. The van der Waals surface area contributed by atoms with E-state index in [4.69, 9.17) is 5.73 Å². The molecule has 0 aromatic heterocycles. The van der Waals surface area contributed by atoms with Crippen molar-refractivity contribution in [2.45, 2.75) is 53.0 Å². The molecule has 2 unspecified atom stereocenters. The van der Waals surface area contributed by atoms with Gasteiger partial charge in [0.1, 0.15) is 0 Å². The molecule has 0 aliphatic heterocycles. The second-order valence-corrected chi connectivity index (χ2v) is 7.86. The summed E-state index contributed by atoms with van der Waals surface area (Å²) in [6, 6.07) is 5.82. The van der Waals surface area contributed by atoms with Gasteiger partial charge in [0.25, 0.3) is 0 Å². The van der Waals surface area contributed by atoms with Gasteiger partial charge in [-0.25, -0.2) is 5.06 Å². The first-order valence-corrected chi connectivity index (χ1v) is 9.21. The summed E-state index contributed by atoms with van der Waals surface area (Å²) >= 11 is 0. The first-order chi connectivity index (χ1) is 12.6. The molecule has 2 atom stereocenters. The average Bonchev–Trinajstić information content (AvgIpc) is 2.61. The quantitative estimate of drug-likeness (QED) is 0.191. The summed E-state index contributed by atoms with van der Waals surface area (Å²) in [6.45, 7) is 7.50. The monoisotopic (exact) mass is 377 g/mol. The van der Waals surface area contributed by atoms with Crippen molar-refractivity contribution in [3.63, 3.8) is 0 Å². The smallest absolute Gasteiger partial charge is 0.233 e. The van der Waals surface area contributed by atoms with Crippen LogP contribution >= 0.6 is 0 Å². The predicted molar refractivity (Wildman–Crippen MR) is 104 cm³/mol. The van der Waals surface area contributed by atoms with Crippen LogP contribution < -0.4 is 11.1 Å². The molecule has 1 aromatic rings. The van der Waals surface area contributed by atoms with E-state index in [0.717, 1.165) is 12.8 Å². The number of nitrogen functional groups attached to an aromatic ring is 1. The summed E-state index contributed by atoms with van der Waals surface area (Å²) in [5.74, 6) is -1.15. The van der Waals surface area contributed by atoms with Crippen molar-refractivity contribution in [3.8, 4) is 0 Å². The lowest BCUT2D eigenvalue weighted by Gasteiger charge is -2.32. The number of benzene rings is 1. The van der Waals surface area contributed by atoms with Crippen LogP contribution in [0.4, 0.5) is 5.69 Å². The lowest BCUT2D eigenvalue weighted by molar-refractivity contribution is -0.154. The number of carbonyl (C=O) groups excluding carboxylic acids is 3. The van der Waals surface area contributed by atoms with Crippen molar-refractivity contribution in [2.75, 3.05) is 12.3 Å². The molecule has 7 nitrogen and oxygen atoms in total. The van der Waals surface area contributed by atoms with E-state index in [-0.39, 0.29) is 24.6 Å². The Morgan fingerprint density at radius 3 is 2.33 bits per heavy atom. The number of hydroxylamine groups is 2. The maximum Gasteiger partial charge on any atom is 0.233 e. The van der Waals surface area contributed by atoms with Crippen LogP contribution in [0.1, 0.15) is 57.3 Å². The molecule has 0 spiro atoms. The van der Waals surface area contributed by atoms with Gasteiger partial charge >= 0.3 is 0 Å². The maximum atomic E-state index is 13.0. The Hall–Kier alpha value is -2.41. The highest BCUT2D eigenvalue weighted by molar-refractivity contribution is 6.02. The molecule has 0 saturated heterocycles. The molecular formula is C20H31N3O4. The fraction of sp³-hybridized carbons (Fsp3) is 0.550. The number of amides is 2. The van der Waals surface area contributed by atoms with Gasteiger partial charge in [-0.05, 0) is 36.1 Å². The van der Waals surface area contributed by atoms with Gasteiger partial charge in [0, 0.05) is 11.3 Å². The summed E-state index contributed by atoms with van der Waals surface area (Å²) in [4.78, 5) is 36.5. The summed E-state index contributed by atoms with van der Waals surface area (Å²) in [7, 11) is 0. The number of nitrogens with one attached hydrogen (secondary N) is 1. The minimum Gasteiger partial charge on any atom is -0.399 e. The Kier molecular flexibility index (Phi) is 8.43. The Bertz CT molecular complexity index is 638. The van der Waals surface area contributed by atoms with Crippen molar-refractivity contribution in [1.82, 2.24) is 10.4 Å². The number of nitrogens with zero attached hydrogens (tertiary/aromatic N) is 1. The molecule has 0 saturated carbocycles. The molecule has 0 heterocycles. The van der Waals surface area contributed by atoms with Crippen molar-refractivity contribution >= 4 is 23.8 Å². The standard InChI is InChI=1S/C20H31N3O4/c1-5-6-7-15(12-23(27)13-24)19(26)22-18(20(2,3)4)17(25)14-8-10-16(21)11-9-14/h8-11,13,15,18,27H,5-7,12,21H2,1-4H3,(H,22,26). The normalized spacial score (nSPS) is 13.5. The Labute approximate surface area is 160 Å². The van der Waals surface area contributed by atoms with Gasteiger partial charge in [0.2, 0.25) is 12.3 Å². The minimum absolute atomic E-state index is 0.109. The van der Waals surface area contributed by atoms with Gasteiger partial charge in [-0.3, -0.25) is 19.6 Å². The summed E-state index contributed by atoms with van der Waals surface area (Å²) in [5.41, 5.74) is 6.18. The molecule has 0 aliphatic rings. The molecule has 2 amide bonds. The van der Waals surface area contributed by atoms with E-state index in [1.165, 1.54) is 0 Å². The van der Waals surface area contributed by atoms with Crippen LogP contribution in [0, 0.1) is 11.3 Å². The fourth-order valence-electron chi connectivity index (χ4n) is 2.77. The number of unbranched alkanes of at least 4 members (excludes halogenated alkanes) is 1. The van der Waals surface area contributed by atoms with E-state index in [1.54, 1.807) is 24.3 Å². The van der Waals surface area contributed by atoms with Crippen molar-refractivity contribution < 1.29 is 19.6 Å². The molecule has 150 valence electrons. The number of ketones is 1. The van der Waals surface area contributed by atoms with E-state index in [2.05, 4.69) is 5.32 Å². The molecule has 0 bridgehead atoms. The highest BCUT2D eigenvalue weighted by Crippen LogP contribution is 2.24. The fourth-order valence-corrected chi connectivity index (χ4v) is 2.77. The lowest BCUT2D eigenvalue weighted by Crippen LogP contribution is -2.52. The molecule has 7 heteroatoms. The highest BCUT2D eigenvalue weighted by Gasteiger charge is 2.35. The number of anilines is 1. The van der Waals surface area contributed by atoms with E-state index in [0.29, 0.717) is 22.7 Å².